The fourth-order valence-corrected chi connectivity index (χ4v) is 0.872. The first-order chi connectivity index (χ1) is 5.54. The third-order valence-electron chi connectivity index (χ3n) is 1.59. The van der Waals surface area contributed by atoms with Gasteiger partial charge >= 0.3 is 58.4 Å². The molecule has 2 N–H and O–H groups in total. The van der Waals surface area contributed by atoms with Crippen molar-refractivity contribution in [1.29, 1.82) is 0 Å². The van der Waals surface area contributed by atoms with Crippen molar-refractivity contribution >= 4 is 12.4 Å². The summed E-state index contributed by atoms with van der Waals surface area (Å²) >= 11 is 0. The van der Waals surface area contributed by atoms with E-state index in [0.29, 0.717) is 5.56 Å². The first-order valence-corrected chi connectivity index (χ1v) is 3.53. The van der Waals surface area contributed by atoms with Gasteiger partial charge < -0.3 is 18.7 Å². The molecule has 0 aliphatic heterocycles. The molecule has 1 nitrogen and oxygen atoms in total. The molecule has 1 aromatic rings. The van der Waals surface area contributed by atoms with Crippen LogP contribution in [0.5, 0.6) is 0 Å². The van der Waals surface area contributed by atoms with Gasteiger partial charge in [0.1, 0.15) is 0 Å². The van der Waals surface area contributed by atoms with E-state index in [4.69, 9.17) is 5.73 Å². The zero-order chi connectivity index (χ0) is 9.19. The SMILES string of the molecule is NCc1ccc([B-](F)(F)F)cc1.[K+]. The normalized spacial score (nSPS) is 10.8. The van der Waals surface area contributed by atoms with Crippen LogP contribution >= 0.6 is 0 Å². The number of rotatable bonds is 2. The van der Waals surface area contributed by atoms with E-state index >= 15 is 0 Å². The third-order valence-corrected chi connectivity index (χ3v) is 1.59. The molecule has 1 rings (SSSR count). The molecule has 0 radical (unpaired) electrons. The minimum absolute atomic E-state index is 0. The zero-order valence-electron chi connectivity index (χ0n) is 7.31. The summed E-state index contributed by atoms with van der Waals surface area (Å²) in [4.78, 5) is 0. The van der Waals surface area contributed by atoms with E-state index in [1.165, 1.54) is 12.1 Å². The van der Waals surface area contributed by atoms with Crippen LogP contribution in [0.4, 0.5) is 12.9 Å². The van der Waals surface area contributed by atoms with Crippen LogP contribution in [0.25, 0.3) is 0 Å². The summed E-state index contributed by atoms with van der Waals surface area (Å²) in [5, 5.41) is 0. The second-order valence-corrected chi connectivity index (χ2v) is 2.52. The molecule has 0 aliphatic rings. The largest absolute Gasteiger partial charge is 1.00 e. The standard InChI is InChI=1S/C7H8BF3N.K/c9-8(10,11)7-3-1-6(5-12)2-4-7;/h1-4H,5,12H2;/q-1;+1. The second-order valence-electron chi connectivity index (χ2n) is 2.52. The monoisotopic (exact) mass is 213 g/mol. The van der Waals surface area contributed by atoms with Crippen LogP contribution in [0.2, 0.25) is 0 Å². The van der Waals surface area contributed by atoms with E-state index in [2.05, 4.69) is 0 Å². The minimum Gasteiger partial charge on any atom is -0.445 e. The smallest absolute Gasteiger partial charge is 0.445 e. The Bertz CT molecular complexity index is 259. The van der Waals surface area contributed by atoms with Crippen LogP contribution in [0.3, 0.4) is 0 Å². The molecule has 0 heterocycles. The molecule has 0 saturated carbocycles. The predicted molar refractivity (Wildman–Crippen MR) is 43.0 cm³/mol. The van der Waals surface area contributed by atoms with Gasteiger partial charge in [0.15, 0.2) is 0 Å². The van der Waals surface area contributed by atoms with E-state index in [-0.39, 0.29) is 57.9 Å². The minimum atomic E-state index is -4.87. The van der Waals surface area contributed by atoms with Crippen molar-refractivity contribution in [1.82, 2.24) is 0 Å². The molecule has 66 valence electrons. The molecule has 0 unspecified atom stereocenters. The molecule has 6 heteroatoms. The molecule has 0 saturated heterocycles. The van der Waals surface area contributed by atoms with Crippen molar-refractivity contribution in [3.63, 3.8) is 0 Å². The Morgan fingerprint density at radius 3 is 1.85 bits per heavy atom. The van der Waals surface area contributed by atoms with E-state index in [1.54, 1.807) is 0 Å². The average molecular weight is 213 g/mol. The average Bonchev–Trinajstić information content (AvgIpc) is 2.03. The molecule has 0 aromatic heterocycles. The van der Waals surface area contributed by atoms with Crippen LogP contribution in [-0.4, -0.2) is 6.98 Å². The first-order valence-electron chi connectivity index (χ1n) is 3.53. The number of benzene rings is 1. The van der Waals surface area contributed by atoms with Gasteiger partial charge in [-0.1, -0.05) is 24.3 Å². The molecule has 1 aromatic carbocycles. The van der Waals surface area contributed by atoms with Gasteiger partial charge in [-0.05, 0) is 5.56 Å². The number of halogens is 3. The maximum absolute atomic E-state index is 12.1. The molecular weight excluding hydrogens is 205 g/mol. The Hall–Kier alpha value is 0.671. The Labute approximate surface area is 117 Å². The van der Waals surface area contributed by atoms with Gasteiger partial charge in [-0.15, -0.1) is 5.46 Å². The molecule has 0 amide bonds. The van der Waals surface area contributed by atoms with Crippen LogP contribution in [0.1, 0.15) is 5.56 Å². The van der Waals surface area contributed by atoms with Crippen molar-refractivity contribution in [2.24, 2.45) is 5.73 Å². The van der Waals surface area contributed by atoms with Gasteiger partial charge in [0, 0.05) is 6.54 Å². The summed E-state index contributed by atoms with van der Waals surface area (Å²) in [6.45, 7) is -4.60. The first kappa shape index (κ1) is 13.7. The molecule has 0 aliphatic carbocycles. The van der Waals surface area contributed by atoms with Gasteiger partial charge in [-0.3, -0.25) is 0 Å². The van der Waals surface area contributed by atoms with Crippen molar-refractivity contribution in [3.8, 4) is 0 Å². The van der Waals surface area contributed by atoms with Crippen LogP contribution in [0, 0.1) is 0 Å². The predicted octanol–water partition coefficient (Wildman–Crippen LogP) is -1.80. The molecule has 0 spiro atoms. The third kappa shape index (κ3) is 4.14. The summed E-state index contributed by atoms with van der Waals surface area (Å²) in [6, 6.07) is 4.90. The Morgan fingerprint density at radius 2 is 1.54 bits per heavy atom. The van der Waals surface area contributed by atoms with Crippen LogP contribution in [0.15, 0.2) is 24.3 Å². The zero-order valence-corrected chi connectivity index (χ0v) is 10.4. The van der Waals surface area contributed by atoms with Gasteiger partial charge in [-0.2, -0.15) is 0 Å². The molecule has 0 fully saturated rings. The molecule has 0 bridgehead atoms. The van der Waals surface area contributed by atoms with Crippen LogP contribution in [-0.2, 0) is 6.54 Å². The van der Waals surface area contributed by atoms with Crippen molar-refractivity contribution < 1.29 is 64.3 Å². The van der Waals surface area contributed by atoms with E-state index < -0.39 is 12.4 Å². The quantitative estimate of drug-likeness (QED) is 0.576. The summed E-state index contributed by atoms with van der Waals surface area (Å²) in [7, 11) is 0. The maximum Gasteiger partial charge on any atom is 1.00 e. The summed E-state index contributed by atoms with van der Waals surface area (Å²) < 4.78 is 36.2. The van der Waals surface area contributed by atoms with E-state index in [0.717, 1.165) is 12.1 Å². The van der Waals surface area contributed by atoms with E-state index in [1.807, 2.05) is 0 Å². The summed E-state index contributed by atoms with van der Waals surface area (Å²) in [6.07, 6.45) is 0. The second kappa shape index (κ2) is 5.53. The van der Waals surface area contributed by atoms with Crippen LogP contribution < -0.4 is 62.6 Å². The van der Waals surface area contributed by atoms with Gasteiger partial charge in [0.2, 0.25) is 0 Å². The molecule has 0 atom stereocenters. The number of nitrogens with two attached hydrogens (primary N) is 1. The molecular formula is C7H8BF3KN. The van der Waals surface area contributed by atoms with Gasteiger partial charge in [-0.25, -0.2) is 0 Å². The van der Waals surface area contributed by atoms with Crippen molar-refractivity contribution in [2.45, 2.75) is 6.54 Å². The number of hydrogen-bond acceptors (Lipinski definition) is 1. The Kier molecular flexibility index (Phi) is 5.81. The van der Waals surface area contributed by atoms with Gasteiger partial charge in [0.25, 0.3) is 0 Å². The van der Waals surface area contributed by atoms with E-state index in [9.17, 15) is 12.9 Å². The Morgan fingerprint density at radius 1 is 1.08 bits per heavy atom. The topological polar surface area (TPSA) is 26.0 Å². The van der Waals surface area contributed by atoms with Crippen molar-refractivity contribution in [2.75, 3.05) is 0 Å². The molecule has 13 heavy (non-hydrogen) atoms. The van der Waals surface area contributed by atoms with Crippen molar-refractivity contribution in [3.05, 3.63) is 29.8 Å². The fourth-order valence-electron chi connectivity index (χ4n) is 0.872. The maximum atomic E-state index is 12.1. The summed E-state index contributed by atoms with van der Waals surface area (Å²) in [5.74, 6) is 0. The van der Waals surface area contributed by atoms with Gasteiger partial charge in [0.05, 0.1) is 0 Å². The number of hydrogen-bond donors (Lipinski definition) is 1. The fraction of sp³-hybridized carbons (Fsp3) is 0.143. The Balaban J connectivity index is 0.00000144. The summed E-state index contributed by atoms with van der Waals surface area (Å²) in [5.41, 5.74) is 5.36.